The highest BCUT2D eigenvalue weighted by Gasteiger charge is 2.71. The van der Waals surface area contributed by atoms with E-state index < -0.39 is 0 Å². The minimum atomic E-state index is -0.0230. The summed E-state index contributed by atoms with van der Waals surface area (Å²) >= 11 is 0. The molecule has 0 unspecified atom stereocenters. The third-order valence-electron chi connectivity index (χ3n) is 6.14. The van der Waals surface area contributed by atoms with Crippen LogP contribution in [-0.2, 0) is 14.2 Å². The van der Waals surface area contributed by atoms with Gasteiger partial charge in [0.05, 0.1) is 24.4 Å². The Morgan fingerprint density at radius 1 is 1.33 bits per heavy atom. The molecule has 122 valence electrons. The van der Waals surface area contributed by atoms with Crippen molar-refractivity contribution in [3.05, 3.63) is 0 Å². The fraction of sp³-hybridized carbons (Fsp3) is 1.00. The molecule has 6 atom stereocenters. The van der Waals surface area contributed by atoms with E-state index in [2.05, 4.69) is 27.7 Å². The van der Waals surface area contributed by atoms with Crippen LogP contribution in [0.15, 0.2) is 0 Å². The molecule has 0 aromatic heterocycles. The molecule has 0 amide bonds. The normalized spacial score (nSPS) is 48.9. The topological polar surface area (TPSA) is 34.3 Å². The van der Waals surface area contributed by atoms with E-state index in [1.54, 1.807) is 0 Å². The summed E-state index contributed by atoms with van der Waals surface area (Å²) in [6.45, 7) is 10.1. The van der Waals surface area contributed by atoms with Crippen molar-refractivity contribution in [2.24, 2.45) is 17.8 Å². The SMILES string of the molecule is CC[C@H]1C[C@H](OC)[C@H]([C@]2(C)O[C@H]2CCC(C)C)[C@@]2(CO2)C1. The molecule has 0 aromatic carbocycles. The summed E-state index contributed by atoms with van der Waals surface area (Å²) in [6.07, 6.45) is 6.71. The zero-order valence-electron chi connectivity index (χ0n) is 14.4. The molecule has 21 heavy (non-hydrogen) atoms. The van der Waals surface area contributed by atoms with Crippen LogP contribution in [0.25, 0.3) is 0 Å². The number of hydrogen-bond donors (Lipinski definition) is 0. The second-order valence-corrected chi connectivity index (χ2v) is 8.08. The molecule has 1 aliphatic carbocycles. The van der Waals surface area contributed by atoms with Crippen molar-refractivity contribution >= 4 is 0 Å². The second-order valence-electron chi connectivity index (χ2n) is 8.08. The van der Waals surface area contributed by atoms with Crippen LogP contribution in [0.3, 0.4) is 0 Å². The van der Waals surface area contributed by atoms with E-state index in [0.29, 0.717) is 18.1 Å². The van der Waals surface area contributed by atoms with E-state index in [4.69, 9.17) is 14.2 Å². The van der Waals surface area contributed by atoms with Crippen LogP contribution in [0, 0.1) is 17.8 Å². The van der Waals surface area contributed by atoms with Crippen molar-refractivity contribution in [1.29, 1.82) is 0 Å². The van der Waals surface area contributed by atoms with Gasteiger partial charge in [-0.25, -0.2) is 0 Å². The summed E-state index contributed by atoms with van der Waals surface area (Å²) in [5.41, 5.74) is 0.0334. The number of epoxide rings is 2. The molecule has 0 aromatic rings. The summed E-state index contributed by atoms with van der Waals surface area (Å²) in [4.78, 5) is 0. The average Bonchev–Trinajstić information content (AvgIpc) is 3.35. The number of hydrogen-bond acceptors (Lipinski definition) is 3. The van der Waals surface area contributed by atoms with Crippen molar-refractivity contribution in [1.82, 2.24) is 0 Å². The lowest BCUT2D eigenvalue weighted by Gasteiger charge is -2.42. The average molecular weight is 296 g/mol. The van der Waals surface area contributed by atoms with Crippen molar-refractivity contribution < 1.29 is 14.2 Å². The summed E-state index contributed by atoms with van der Waals surface area (Å²) < 4.78 is 18.1. The minimum Gasteiger partial charge on any atom is -0.381 e. The lowest BCUT2D eigenvalue weighted by Crippen LogP contribution is -2.51. The fourth-order valence-corrected chi connectivity index (χ4v) is 4.70. The molecule has 3 nitrogen and oxygen atoms in total. The van der Waals surface area contributed by atoms with Crippen LogP contribution in [0.2, 0.25) is 0 Å². The number of ether oxygens (including phenoxy) is 3. The maximum Gasteiger partial charge on any atom is 0.100 e. The van der Waals surface area contributed by atoms with Gasteiger partial charge in [0.1, 0.15) is 5.60 Å². The Morgan fingerprint density at radius 3 is 2.57 bits per heavy atom. The van der Waals surface area contributed by atoms with Crippen LogP contribution in [-0.4, -0.2) is 37.1 Å². The molecular weight excluding hydrogens is 264 g/mol. The van der Waals surface area contributed by atoms with E-state index in [9.17, 15) is 0 Å². The van der Waals surface area contributed by atoms with Crippen LogP contribution in [0.1, 0.15) is 59.8 Å². The van der Waals surface area contributed by atoms with Gasteiger partial charge in [-0.05, 0) is 44.4 Å². The van der Waals surface area contributed by atoms with E-state index >= 15 is 0 Å². The van der Waals surface area contributed by atoms with E-state index in [1.807, 2.05) is 7.11 Å². The minimum absolute atomic E-state index is 0.0230. The fourth-order valence-electron chi connectivity index (χ4n) is 4.70. The molecule has 2 saturated heterocycles. The van der Waals surface area contributed by atoms with Crippen LogP contribution in [0.4, 0.5) is 0 Å². The van der Waals surface area contributed by atoms with Crippen LogP contribution in [0.5, 0.6) is 0 Å². The molecule has 1 saturated carbocycles. The van der Waals surface area contributed by atoms with Gasteiger partial charge in [0, 0.05) is 13.0 Å². The molecule has 3 rings (SSSR count). The highest BCUT2D eigenvalue weighted by Crippen LogP contribution is 2.60. The molecule has 2 aliphatic heterocycles. The third kappa shape index (κ3) is 2.77. The molecule has 2 heterocycles. The van der Waals surface area contributed by atoms with Gasteiger partial charge in [-0.15, -0.1) is 0 Å². The monoisotopic (exact) mass is 296 g/mol. The van der Waals surface area contributed by atoms with Gasteiger partial charge in [-0.1, -0.05) is 27.2 Å². The van der Waals surface area contributed by atoms with Crippen molar-refractivity contribution in [3.63, 3.8) is 0 Å². The predicted octanol–water partition coefficient (Wildman–Crippen LogP) is 3.80. The molecule has 1 spiro atoms. The smallest absolute Gasteiger partial charge is 0.100 e. The van der Waals surface area contributed by atoms with Crippen molar-refractivity contribution in [2.75, 3.05) is 13.7 Å². The maximum absolute atomic E-state index is 6.21. The molecule has 3 heteroatoms. The predicted molar refractivity (Wildman–Crippen MR) is 83.3 cm³/mol. The van der Waals surface area contributed by atoms with Crippen LogP contribution >= 0.6 is 0 Å². The zero-order valence-corrected chi connectivity index (χ0v) is 14.4. The van der Waals surface area contributed by atoms with Gasteiger partial charge in [-0.2, -0.15) is 0 Å². The number of rotatable bonds is 6. The Kier molecular flexibility index (Phi) is 4.13. The summed E-state index contributed by atoms with van der Waals surface area (Å²) in [5.74, 6) is 1.90. The Balaban J connectivity index is 1.71. The van der Waals surface area contributed by atoms with Gasteiger partial charge in [0.25, 0.3) is 0 Å². The first-order chi connectivity index (χ1) is 9.95. The largest absolute Gasteiger partial charge is 0.381 e. The van der Waals surface area contributed by atoms with Gasteiger partial charge in [0.2, 0.25) is 0 Å². The van der Waals surface area contributed by atoms with Crippen LogP contribution < -0.4 is 0 Å². The highest BCUT2D eigenvalue weighted by molar-refractivity contribution is 5.18. The van der Waals surface area contributed by atoms with Crippen molar-refractivity contribution in [2.45, 2.75) is 83.2 Å². The quantitative estimate of drug-likeness (QED) is 0.699. The Bertz CT molecular complexity index is 377. The first-order valence-electron chi connectivity index (χ1n) is 8.79. The van der Waals surface area contributed by atoms with Crippen molar-refractivity contribution in [3.8, 4) is 0 Å². The highest BCUT2D eigenvalue weighted by atomic mass is 16.6. The molecule has 0 N–H and O–H groups in total. The second kappa shape index (κ2) is 5.50. The summed E-state index contributed by atoms with van der Waals surface area (Å²) in [7, 11) is 1.86. The van der Waals surface area contributed by atoms with E-state index in [0.717, 1.165) is 18.4 Å². The Labute approximate surface area is 129 Å². The first-order valence-corrected chi connectivity index (χ1v) is 8.79. The van der Waals surface area contributed by atoms with Gasteiger partial charge < -0.3 is 14.2 Å². The zero-order chi connectivity index (χ0) is 15.3. The standard InChI is InChI=1S/C18H32O3/c1-6-13-9-14(19-5)16(18(10-13)11-20-18)17(4)15(21-17)8-7-12(2)3/h12-16H,6-11H2,1-5H3/t13-,14-,15-,16+,17+,18-/m0/s1. The van der Waals surface area contributed by atoms with E-state index in [-0.39, 0.29) is 11.2 Å². The summed E-state index contributed by atoms with van der Waals surface area (Å²) in [5, 5.41) is 0. The molecule has 0 radical (unpaired) electrons. The Hall–Kier alpha value is -0.120. The lowest BCUT2D eigenvalue weighted by atomic mass is 9.65. The maximum atomic E-state index is 6.21. The molecule has 3 aliphatic rings. The van der Waals surface area contributed by atoms with Gasteiger partial charge in [0.15, 0.2) is 0 Å². The van der Waals surface area contributed by atoms with Gasteiger partial charge in [-0.3, -0.25) is 0 Å². The molecule has 0 bridgehead atoms. The third-order valence-corrected chi connectivity index (χ3v) is 6.14. The number of methoxy groups -OCH3 is 1. The Morgan fingerprint density at radius 2 is 2.05 bits per heavy atom. The summed E-state index contributed by atoms with van der Waals surface area (Å²) in [6, 6.07) is 0. The van der Waals surface area contributed by atoms with Gasteiger partial charge >= 0.3 is 0 Å². The molecule has 3 fully saturated rings. The molecular formula is C18H32O3. The lowest BCUT2D eigenvalue weighted by molar-refractivity contribution is -0.0670. The van der Waals surface area contributed by atoms with E-state index in [1.165, 1.54) is 32.1 Å². The first kappa shape index (κ1) is 15.8.